The van der Waals surface area contributed by atoms with Crippen molar-refractivity contribution >= 4 is 5.57 Å². The summed E-state index contributed by atoms with van der Waals surface area (Å²) in [4.78, 5) is 0. The molecule has 0 nitrogen and oxygen atoms in total. The van der Waals surface area contributed by atoms with Crippen LogP contribution in [0, 0.1) is 5.92 Å². The van der Waals surface area contributed by atoms with Gasteiger partial charge in [0, 0.05) is 0 Å². The standard InChI is InChI=1S/C22H30.C10H22.C7H16.2C2H6/c1-7-17(4)15-18(5)19(6)20(8-2)16-21(9-3)22-13-11-10-12-14-22;1-4-6-7-8-9-10(3)5-2;1-3-5-7-6-4-2;2*1-2/h8,10-16H,7,9H2,1-6H3;10H,4-9H2,1-3H3;3-7H2,1-2H3;2*1-2H3/b17-15+,19-18-,20-8-,21-16+;;;;. The average molecular weight is 597 g/mol. The fraction of sp³-hybridized carbons (Fsp3) is 0.674. The van der Waals surface area contributed by atoms with Gasteiger partial charge in [0.1, 0.15) is 0 Å². The first-order valence-corrected chi connectivity index (χ1v) is 18.5. The van der Waals surface area contributed by atoms with E-state index in [1.807, 2.05) is 27.7 Å². The third-order valence-corrected chi connectivity index (χ3v) is 7.67. The van der Waals surface area contributed by atoms with Crippen molar-refractivity contribution in [1.29, 1.82) is 0 Å². The predicted molar refractivity (Wildman–Crippen MR) is 206 cm³/mol. The van der Waals surface area contributed by atoms with Gasteiger partial charge < -0.3 is 0 Å². The highest BCUT2D eigenvalue weighted by Crippen LogP contribution is 2.25. The van der Waals surface area contributed by atoms with Gasteiger partial charge in [-0.15, -0.1) is 0 Å². The summed E-state index contributed by atoms with van der Waals surface area (Å²) in [6.07, 6.45) is 24.5. The zero-order valence-electron chi connectivity index (χ0n) is 32.4. The topological polar surface area (TPSA) is 0 Å². The zero-order valence-corrected chi connectivity index (χ0v) is 32.4. The molecule has 0 N–H and O–H groups in total. The van der Waals surface area contributed by atoms with Crippen LogP contribution in [0.25, 0.3) is 5.57 Å². The Hall–Kier alpha value is -1.82. The normalized spacial score (nSPS) is 12.6. The summed E-state index contributed by atoms with van der Waals surface area (Å²) >= 11 is 0. The van der Waals surface area contributed by atoms with E-state index in [0.29, 0.717) is 0 Å². The first kappa shape index (κ1) is 48.1. The fourth-order valence-corrected chi connectivity index (χ4v) is 4.25. The number of benzene rings is 1. The van der Waals surface area contributed by atoms with E-state index >= 15 is 0 Å². The number of hydrogen-bond donors (Lipinski definition) is 0. The van der Waals surface area contributed by atoms with Crippen LogP contribution in [0.3, 0.4) is 0 Å². The Kier molecular flexibility index (Phi) is 42.7. The minimum absolute atomic E-state index is 0.955. The van der Waals surface area contributed by atoms with E-state index < -0.39 is 0 Å². The van der Waals surface area contributed by atoms with Crippen LogP contribution in [0.5, 0.6) is 0 Å². The van der Waals surface area contributed by atoms with Crippen LogP contribution >= 0.6 is 0 Å². The lowest BCUT2D eigenvalue weighted by atomic mass is 9.95. The first-order chi connectivity index (χ1) is 20.7. The molecule has 1 aromatic rings. The van der Waals surface area contributed by atoms with Crippen LogP contribution in [0.4, 0.5) is 0 Å². The Balaban J connectivity index is -0.000000299. The van der Waals surface area contributed by atoms with E-state index in [4.69, 9.17) is 0 Å². The van der Waals surface area contributed by atoms with Gasteiger partial charge in [-0.2, -0.15) is 0 Å². The van der Waals surface area contributed by atoms with Crippen molar-refractivity contribution in [3.63, 3.8) is 0 Å². The largest absolute Gasteiger partial charge is 0.0801 e. The predicted octanol–water partition coefficient (Wildman–Crippen LogP) is 16.2. The molecule has 0 bridgehead atoms. The molecule has 0 aliphatic heterocycles. The highest BCUT2D eigenvalue weighted by atomic mass is 14.1. The number of hydrogen-bond acceptors (Lipinski definition) is 0. The molecule has 0 heterocycles. The maximum absolute atomic E-state index is 2.35. The van der Waals surface area contributed by atoms with Gasteiger partial charge in [-0.05, 0) is 74.3 Å². The molecule has 1 atom stereocenters. The van der Waals surface area contributed by atoms with Crippen LogP contribution < -0.4 is 0 Å². The van der Waals surface area contributed by atoms with E-state index in [2.05, 4.69) is 125 Å². The van der Waals surface area contributed by atoms with E-state index in [-0.39, 0.29) is 0 Å². The molecule has 0 aromatic heterocycles. The van der Waals surface area contributed by atoms with Gasteiger partial charge in [0.2, 0.25) is 0 Å². The molecule has 0 fully saturated rings. The number of unbranched alkanes of at least 4 members (excludes halogenated alkanes) is 7. The second-order valence-corrected chi connectivity index (χ2v) is 11.2. The molecule has 1 rings (SSSR count). The van der Waals surface area contributed by atoms with Gasteiger partial charge in [-0.25, -0.2) is 0 Å². The third kappa shape index (κ3) is 30.0. The Morgan fingerprint density at radius 1 is 0.651 bits per heavy atom. The molecule has 252 valence electrons. The van der Waals surface area contributed by atoms with Crippen molar-refractivity contribution in [2.24, 2.45) is 5.92 Å². The highest BCUT2D eigenvalue weighted by Gasteiger charge is 2.04. The van der Waals surface area contributed by atoms with Crippen LogP contribution in [0.15, 0.2) is 70.9 Å². The second kappa shape index (κ2) is 38.2. The molecule has 0 aliphatic carbocycles. The van der Waals surface area contributed by atoms with Crippen molar-refractivity contribution in [2.45, 2.75) is 187 Å². The average Bonchev–Trinajstić information content (AvgIpc) is 3.06. The van der Waals surface area contributed by atoms with Crippen LogP contribution in [0.1, 0.15) is 193 Å². The molecule has 1 unspecified atom stereocenters. The van der Waals surface area contributed by atoms with Gasteiger partial charge in [-0.3, -0.25) is 0 Å². The molecular formula is C43H80. The summed E-state index contributed by atoms with van der Waals surface area (Å²) in [6, 6.07) is 10.7. The summed E-state index contributed by atoms with van der Waals surface area (Å²) in [5.41, 5.74) is 8.16. The van der Waals surface area contributed by atoms with Crippen LogP contribution in [-0.4, -0.2) is 0 Å². The molecule has 43 heavy (non-hydrogen) atoms. The monoisotopic (exact) mass is 597 g/mol. The Labute approximate surface area is 274 Å². The molecule has 1 aromatic carbocycles. The van der Waals surface area contributed by atoms with Crippen molar-refractivity contribution in [3.8, 4) is 0 Å². The SMILES string of the molecule is C/C=C(/C=C(\CC)c1ccccc1)C(\C)=C(C)/C=C(\C)CC.CC.CC.CCCCCCC.CCCCCCC(C)CC. The van der Waals surface area contributed by atoms with Gasteiger partial charge in [0.05, 0.1) is 0 Å². The Morgan fingerprint density at radius 2 is 1.14 bits per heavy atom. The van der Waals surface area contributed by atoms with Gasteiger partial charge >= 0.3 is 0 Å². The highest BCUT2D eigenvalue weighted by molar-refractivity contribution is 5.69. The Bertz CT molecular complexity index is 796. The Morgan fingerprint density at radius 3 is 1.53 bits per heavy atom. The number of rotatable bonds is 16. The summed E-state index contributed by atoms with van der Waals surface area (Å²) in [5.74, 6) is 0.955. The maximum Gasteiger partial charge on any atom is -0.0224 e. The van der Waals surface area contributed by atoms with Gasteiger partial charge in [-0.1, -0.05) is 201 Å². The van der Waals surface area contributed by atoms with Crippen LogP contribution in [-0.2, 0) is 0 Å². The summed E-state index contributed by atoms with van der Waals surface area (Å²) in [5, 5.41) is 0. The lowest BCUT2D eigenvalue weighted by Crippen LogP contribution is -1.91. The van der Waals surface area contributed by atoms with Crippen LogP contribution in [0.2, 0.25) is 0 Å². The smallest absolute Gasteiger partial charge is 0.0224 e. The molecule has 0 radical (unpaired) electrons. The lowest BCUT2D eigenvalue weighted by Gasteiger charge is -2.11. The van der Waals surface area contributed by atoms with Crippen molar-refractivity contribution in [1.82, 2.24) is 0 Å². The van der Waals surface area contributed by atoms with Gasteiger partial charge in [0.25, 0.3) is 0 Å². The fourth-order valence-electron chi connectivity index (χ4n) is 4.25. The summed E-state index contributed by atoms with van der Waals surface area (Å²) in [6.45, 7) is 32.6. The van der Waals surface area contributed by atoms with E-state index in [9.17, 15) is 0 Å². The van der Waals surface area contributed by atoms with Crippen molar-refractivity contribution in [2.75, 3.05) is 0 Å². The minimum Gasteiger partial charge on any atom is -0.0801 e. The molecular weight excluding hydrogens is 516 g/mol. The molecule has 0 aliphatic rings. The molecule has 0 saturated carbocycles. The quantitative estimate of drug-likeness (QED) is 0.131. The molecule has 0 spiro atoms. The summed E-state index contributed by atoms with van der Waals surface area (Å²) in [7, 11) is 0. The third-order valence-electron chi connectivity index (χ3n) is 7.67. The minimum atomic E-state index is 0.955. The van der Waals surface area contributed by atoms with E-state index in [1.54, 1.807) is 0 Å². The lowest BCUT2D eigenvalue weighted by molar-refractivity contribution is 0.477. The number of allylic oxidation sites excluding steroid dienone is 8. The van der Waals surface area contributed by atoms with Gasteiger partial charge in [0.15, 0.2) is 0 Å². The second-order valence-electron chi connectivity index (χ2n) is 11.2. The maximum atomic E-state index is 2.35. The molecule has 0 heteroatoms. The molecule has 0 amide bonds. The first-order valence-electron chi connectivity index (χ1n) is 18.5. The summed E-state index contributed by atoms with van der Waals surface area (Å²) < 4.78 is 0. The van der Waals surface area contributed by atoms with Crippen molar-refractivity contribution in [3.05, 3.63) is 76.4 Å². The van der Waals surface area contributed by atoms with Crippen molar-refractivity contribution < 1.29 is 0 Å². The molecule has 0 saturated heterocycles. The van der Waals surface area contributed by atoms with E-state index in [0.717, 1.165) is 18.8 Å². The van der Waals surface area contributed by atoms with E-state index in [1.165, 1.54) is 104 Å². The zero-order chi connectivity index (χ0) is 33.9.